The topological polar surface area (TPSA) is 117 Å². The van der Waals surface area contributed by atoms with Crippen LogP contribution in [0.4, 0.5) is 4.79 Å². The van der Waals surface area contributed by atoms with Crippen molar-refractivity contribution in [2.75, 3.05) is 6.79 Å². The first-order chi connectivity index (χ1) is 18.3. The summed E-state index contributed by atoms with van der Waals surface area (Å²) in [5.74, 6) is -0.330. The number of benzene rings is 1. The molecule has 3 aromatic rings. The monoisotopic (exact) mass is 557 g/mol. The lowest BCUT2D eigenvalue weighted by molar-refractivity contribution is -0.137. The number of hydrogen-bond donors (Lipinski definition) is 3. The van der Waals surface area contributed by atoms with Crippen LogP contribution in [0.5, 0.6) is 11.5 Å². The fourth-order valence-electron chi connectivity index (χ4n) is 4.15. The Balaban J connectivity index is 1.51. The third-order valence-corrected chi connectivity index (χ3v) is 7.68. The van der Waals surface area contributed by atoms with E-state index in [0.717, 1.165) is 9.75 Å². The number of urea groups is 1. The lowest BCUT2D eigenvalue weighted by Gasteiger charge is -2.28. The van der Waals surface area contributed by atoms with Gasteiger partial charge in [0.1, 0.15) is 6.04 Å². The predicted molar refractivity (Wildman–Crippen MR) is 145 cm³/mol. The van der Waals surface area contributed by atoms with Crippen molar-refractivity contribution in [1.29, 1.82) is 0 Å². The Morgan fingerprint density at radius 3 is 2.21 bits per heavy atom. The number of carbonyl (C=O) groups excluding carboxylic acids is 2. The van der Waals surface area contributed by atoms with Crippen LogP contribution < -0.4 is 20.1 Å². The molecule has 1 aromatic carbocycles. The molecule has 3 N–H and O–H groups in total. The number of aliphatic carboxylic acids is 1. The van der Waals surface area contributed by atoms with Crippen molar-refractivity contribution in [3.63, 3.8) is 0 Å². The standard InChI is InChI=1S/C27H31N3O6S2/c1-17(2)11-22(29-27(34)30(14-19-5-3-9-37-19)15-20-6-4-10-38-20)26(33)28-21(13-25(31)32)18-7-8-23-24(12-18)36-16-35-23/h3-10,12,17,21-22H,11,13-16H2,1-2H3,(H,28,33)(H,29,34)(H,31,32)/t21?,22-/m0/s1. The Labute approximate surface area is 229 Å². The smallest absolute Gasteiger partial charge is 0.318 e. The molecular formula is C27H31N3O6S2. The molecule has 0 spiro atoms. The maximum absolute atomic E-state index is 13.5. The molecule has 9 nitrogen and oxygen atoms in total. The minimum absolute atomic E-state index is 0.0880. The molecule has 1 aliphatic heterocycles. The highest BCUT2D eigenvalue weighted by Crippen LogP contribution is 2.35. The second kappa shape index (κ2) is 12.8. The number of amides is 3. The fraction of sp³-hybridized carbons (Fsp3) is 0.370. The first kappa shape index (κ1) is 27.5. The first-order valence-electron chi connectivity index (χ1n) is 12.3. The Morgan fingerprint density at radius 2 is 1.63 bits per heavy atom. The zero-order valence-electron chi connectivity index (χ0n) is 21.2. The molecule has 38 heavy (non-hydrogen) atoms. The van der Waals surface area contributed by atoms with E-state index in [-0.39, 0.29) is 25.2 Å². The number of hydrogen-bond acceptors (Lipinski definition) is 7. The van der Waals surface area contributed by atoms with E-state index in [1.54, 1.807) is 45.8 Å². The Kier molecular flexibility index (Phi) is 9.24. The van der Waals surface area contributed by atoms with Gasteiger partial charge in [0, 0.05) is 9.75 Å². The first-order valence-corrected chi connectivity index (χ1v) is 14.1. The molecule has 0 fully saturated rings. The number of nitrogens with one attached hydrogen (secondary N) is 2. The summed E-state index contributed by atoms with van der Waals surface area (Å²) in [6, 6.07) is 10.9. The summed E-state index contributed by atoms with van der Waals surface area (Å²) >= 11 is 3.13. The molecule has 3 amide bonds. The molecule has 202 valence electrons. The van der Waals surface area contributed by atoms with E-state index in [0.29, 0.717) is 36.6 Å². The number of rotatable bonds is 12. The highest BCUT2D eigenvalue weighted by molar-refractivity contribution is 7.10. The van der Waals surface area contributed by atoms with Gasteiger partial charge in [0.25, 0.3) is 0 Å². The summed E-state index contributed by atoms with van der Waals surface area (Å²) in [5, 5.41) is 19.2. The van der Waals surface area contributed by atoms with E-state index in [1.807, 2.05) is 48.9 Å². The average Bonchev–Trinajstić information content (AvgIpc) is 3.64. The van der Waals surface area contributed by atoms with Gasteiger partial charge in [-0.3, -0.25) is 9.59 Å². The summed E-state index contributed by atoms with van der Waals surface area (Å²) in [5.41, 5.74) is 0.580. The van der Waals surface area contributed by atoms with Gasteiger partial charge in [-0.05, 0) is 52.9 Å². The van der Waals surface area contributed by atoms with Crippen LogP contribution in [0.25, 0.3) is 0 Å². The number of ether oxygens (including phenoxy) is 2. The molecule has 2 aromatic heterocycles. The Hall–Kier alpha value is -3.57. The van der Waals surface area contributed by atoms with E-state index in [2.05, 4.69) is 10.6 Å². The molecule has 0 radical (unpaired) electrons. The SMILES string of the molecule is CC(C)C[C@H](NC(=O)N(Cc1cccs1)Cc1cccs1)C(=O)NC(CC(=O)O)c1ccc2c(c1)OCO2. The van der Waals surface area contributed by atoms with Crippen molar-refractivity contribution >= 4 is 40.6 Å². The molecule has 1 aliphatic rings. The van der Waals surface area contributed by atoms with Gasteiger partial charge in [0.15, 0.2) is 11.5 Å². The normalized spacial score (nSPS) is 13.7. The Bertz CT molecular complexity index is 1190. The third-order valence-electron chi connectivity index (χ3n) is 5.96. The van der Waals surface area contributed by atoms with E-state index >= 15 is 0 Å². The average molecular weight is 558 g/mol. The number of fused-ring (bicyclic) bond motifs is 1. The van der Waals surface area contributed by atoms with Crippen LogP contribution in [0.2, 0.25) is 0 Å². The van der Waals surface area contributed by atoms with Gasteiger partial charge in [-0.15, -0.1) is 22.7 Å². The minimum Gasteiger partial charge on any atom is -0.481 e. The van der Waals surface area contributed by atoms with Gasteiger partial charge in [-0.25, -0.2) is 4.79 Å². The molecule has 0 bridgehead atoms. The van der Waals surface area contributed by atoms with Crippen LogP contribution in [-0.2, 0) is 22.7 Å². The van der Waals surface area contributed by atoms with Gasteiger partial charge in [-0.2, -0.15) is 0 Å². The maximum atomic E-state index is 13.5. The van der Waals surface area contributed by atoms with Crippen LogP contribution in [0, 0.1) is 5.92 Å². The number of carboxylic acids is 1. The highest BCUT2D eigenvalue weighted by Gasteiger charge is 2.29. The summed E-state index contributed by atoms with van der Waals surface area (Å²) in [6.45, 7) is 4.85. The largest absolute Gasteiger partial charge is 0.481 e. The second-order valence-electron chi connectivity index (χ2n) is 9.42. The van der Waals surface area contributed by atoms with Gasteiger partial charge in [0.05, 0.1) is 25.6 Å². The van der Waals surface area contributed by atoms with Crippen molar-refractivity contribution in [3.05, 3.63) is 68.5 Å². The zero-order chi connectivity index (χ0) is 27.1. The maximum Gasteiger partial charge on any atom is 0.318 e. The quantitative estimate of drug-likeness (QED) is 0.289. The molecular weight excluding hydrogens is 526 g/mol. The lowest BCUT2D eigenvalue weighted by atomic mass is 10.00. The molecule has 4 rings (SSSR count). The van der Waals surface area contributed by atoms with Crippen molar-refractivity contribution < 1.29 is 29.0 Å². The van der Waals surface area contributed by atoms with Crippen LogP contribution >= 0.6 is 22.7 Å². The zero-order valence-corrected chi connectivity index (χ0v) is 22.8. The second-order valence-corrected chi connectivity index (χ2v) is 11.5. The molecule has 1 unspecified atom stereocenters. The van der Waals surface area contributed by atoms with Crippen LogP contribution in [0.15, 0.2) is 53.2 Å². The van der Waals surface area contributed by atoms with Gasteiger partial charge in [0.2, 0.25) is 12.7 Å². The Morgan fingerprint density at radius 1 is 0.974 bits per heavy atom. The number of nitrogens with zero attached hydrogens (tertiary/aromatic N) is 1. The number of carbonyl (C=O) groups is 3. The molecule has 0 saturated carbocycles. The van der Waals surface area contributed by atoms with Crippen LogP contribution in [0.3, 0.4) is 0 Å². The van der Waals surface area contributed by atoms with E-state index in [1.165, 1.54) is 0 Å². The molecule has 11 heteroatoms. The number of carboxylic acid groups (broad SMARTS) is 1. The van der Waals surface area contributed by atoms with Crippen molar-refractivity contribution in [2.45, 2.75) is 51.9 Å². The molecule has 3 heterocycles. The van der Waals surface area contributed by atoms with E-state index < -0.39 is 24.0 Å². The fourth-order valence-corrected chi connectivity index (χ4v) is 5.59. The van der Waals surface area contributed by atoms with E-state index in [9.17, 15) is 19.5 Å². The summed E-state index contributed by atoms with van der Waals surface area (Å²) < 4.78 is 10.8. The van der Waals surface area contributed by atoms with Gasteiger partial charge < -0.3 is 30.1 Å². The highest BCUT2D eigenvalue weighted by atomic mass is 32.1. The van der Waals surface area contributed by atoms with Crippen molar-refractivity contribution in [1.82, 2.24) is 15.5 Å². The summed E-state index contributed by atoms with van der Waals surface area (Å²) in [4.78, 5) is 42.3. The lowest BCUT2D eigenvalue weighted by Crippen LogP contribution is -2.52. The van der Waals surface area contributed by atoms with Crippen molar-refractivity contribution in [2.24, 2.45) is 5.92 Å². The number of thiophene rings is 2. The summed E-state index contributed by atoms with van der Waals surface area (Å²) in [7, 11) is 0. The predicted octanol–water partition coefficient (Wildman–Crippen LogP) is 5.00. The van der Waals surface area contributed by atoms with Crippen LogP contribution in [0.1, 0.15) is 48.0 Å². The van der Waals surface area contributed by atoms with Gasteiger partial charge >= 0.3 is 12.0 Å². The van der Waals surface area contributed by atoms with Gasteiger partial charge in [-0.1, -0.05) is 32.0 Å². The molecule has 0 aliphatic carbocycles. The summed E-state index contributed by atoms with van der Waals surface area (Å²) in [6.07, 6.45) is 0.0704. The van der Waals surface area contributed by atoms with Crippen LogP contribution in [-0.4, -0.2) is 40.7 Å². The van der Waals surface area contributed by atoms with E-state index in [4.69, 9.17) is 9.47 Å². The minimum atomic E-state index is -1.06. The third kappa shape index (κ3) is 7.48. The molecule has 2 atom stereocenters. The van der Waals surface area contributed by atoms with Crippen molar-refractivity contribution in [3.8, 4) is 11.5 Å². The molecule has 0 saturated heterocycles.